The van der Waals surface area contributed by atoms with Gasteiger partial charge in [0, 0.05) is 0 Å². The Labute approximate surface area is 88.2 Å². The molecule has 86 valence electrons. The van der Waals surface area contributed by atoms with Crippen LogP contribution >= 0.6 is 0 Å². The van der Waals surface area contributed by atoms with E-state index in [0.29, 0.717) is 0 Å². The molecule has 15 heavy (non-hydrogen) atoms. The average Bonchev–Trinajstić information content (AvgIpc) is 2.78. The number of hydrogen-bond acceptors (Lipinski definition) is 3. The number of nitrogens with one attached hydrogen (secondary N) is 1. The highest BCUT2D eigenvalue weighted by Crippen LogP contribution is 2.25. The van der Waals surface area contributed by atoms with E-state index in [9.17, 15) is 9.59 Å². The molecule has 0 heterocycles. The van der Waals surface area contributed by atoms with Gasteiger partial charge in [-0.3, -0.25) is 0 Å². The maximum atomic E-state index is 11.3. The summed E-state index contributed by atoms with van der Waals surface area (Å²) in [5.74, 6) is 0. The second kappa shape index (κ2) is 3.96. The van der Waals surface area contributed by atoms with Crippen LogP contribution in [-0.4, -0.2) is 33.9 Å². The monoisotopic (exact) mass is 216 g/mol. The summed E-state index contributed by atoms with van der Waals surface area (Å²) in [5, 5.41) is 9.68. The molecule has 1 fully saturated rings. The Morgan fingerprint density at radius 1 is 1.40 bits per heavy atom. The standard InChI is InChI=1S/C9H16N2O4/c1-9(2,3)15-7(12)10-11(8(13)14)6-4-5-6/h6H,4-5H2,1-3H3,(H,10,12)(H,13,14). The normalized spacial score (nSPS) is 15.7. The van der Waals surface area contributed by atoms with E-state index >= 15 is 0 Å². The third-order valence-electron chi connectivity index (χ3n) is 1.73. The Morgan fingerprint density at radius 3 is 2.27 bits per heavy atom. The molecule has 0 spiro atoms. The number of carboxylic acid groups (broad SMARTS) is 1. The van der Waals surface area contributed by atoms with E-state index in [1.807, 2.05) is 0 Å². The molecule has 6 heteroatoms. The third-order valence-corrected chi connectivity index (χ3v) is 1.73. The van der Waals surface area contributed by atoms with Gasteiger partial charge in [0.05, 0.1) is 6.04 Å². The number of rotatable bonds is 1. The van der Waals surface area contributed by atoms with Crippen molar-refractivity contribution < 1.29 is 19.4 Å². The fourth-order valence-electron chi connectivity index (χ4n) is 1.03. The predicted octanol–water partition coefficient (Wildman–Crippen LogP) is 1.57. The Balaban J connectivity index is 2.44. The van der Waals surface area contributed by atoms with Crippen LogP contribution in [0.15, 0.2) is 0 Å². The molecule has 0 radical (unpaired) electrons. The summed E-state index contributed by atoms with van der Waals surface area (Å²) < 4.78 is 4.94. The Kier molecular flexibility index (Phi) is 3.06. The van der Waals surface area contributed by atoms with Crippen LogP contribution in [0.1, 0.15) is 33.6 Å². The fourth-order valence-corrected chi connectivity index (χ4v) is 1.03. The molecule has 2 N–H and O–H groups in total. The molecule has 0 bridgehead atoms. The molecule has 0 saturated heterocycles. The van der Waals surface area contributed by atoms with Crippen molar-refractivity contribution in [1.29, 1.82) is 0 Å². The lowest BCUT2D eigenvalue weighted by molar-refractivity contribution is 0.0318. The predicted molar refractivity (Wildman–Crippen MR) is 52.3 cm³/mol. The first kappa shape index (κ1) is 11.6. The highest BCUT2D eigenvalue weighted by molar-refractivity contribution is 5.73. The number of hydrogen-bond donors (Lipinski definition) is 2. The van der Waals surface area contributed by atoms with E-state index in [0.717, 1.165) is 17.9 Å². The van der Waals surface area contributed by atoms with Gasteiger partial charge in [-0.25, -0.2) is 20.0 Å². The van der Waals surface area contributed by atoms with Crippen LogP contribution in [0.5, 0.6) is 0 Å². The molecule has 1 aliphatic carbocycles. The van der Waals surface area contributed by atoms with Gasteiger partial charge in [-0.2, -0.15) is 0 Å². The summed E-state index contributed by atoms with van der Waals surface area (Å²) in [4.78, 5) is 22.0. The van der Waals surface area contributed by atoms with Gasteiger partial charge in [-0.1, -0.05) is 0 Å². The first-order valence-corrected chi connectivity index (χ1v) is 4.81. The van der Waals surface area contributed by atoms with E-state index < -0.39 is 17.8 Å². The quantitative estimate of drug-likeness (QED) is 0.652. The first-order valence-electron chi connectivity index (χ1n) is 4.81. The maximum absolute atomic E-state index is 11.3. The zero-order valence-corrected chi connectivity index (χ0v) is 9.11. The largest absolute Gasteiger partial charge is 0.464 e. The van der Waals surface area contributed by atoms with Crippen LogP contribution < -0.4 is 5.43 Å². The topological polar surface area (TPSA) is 78.9 Å². The van der Waals surface area contributed by atoms with Crippen LogP contribution in [0.2, 0.25) is 0 Å². The molecule has 0 aromatic carbocycles. The minimum atomic E-state index is -1.16. The van der Waals surface area contributed by atoms with E-state index in [2.05, 4.69) is 5.43 Å². The van der Waals surface area contributed by atoms with Crippen molar-refractivity contribution in [2.24, 2.45) is 0 Å². The lowest BCUT2D eigenvalue weighted by Crippen LogP contribution is -2.48. The molecule has 0 unspecified atom stereocenters. The van der Waals surface area contributed by atoms with Gasteiger partial charge in [0.25, 0.3) is 0 Å². The first-order chi connectivity index (χ1) is 6.79. The lowest BCUT2D eigenvalue weighted by atomic mass is 10.2. The SMILES string of the molecule is CC(C)(C)OC(=O)NN(C(=O)O)C1CC1. The summed E-state index contributed by atoms with van der Waals surface area (Å²) in [6.07, 6.45) is -0.343. The Hall–Kier alpha value is -1.46. The van der Waals surface area contributed by atoms with Crippen molar-refractivity contribution in [3.8, 4) is 0 Å². The van der Waals surface area contributed by atoms with Gasteiger partial charge in [-0.15, -0.1) is 0 Å². The van der Waals surface area contributed by atoms with E-state index in [4.69, 9.17) is 9.84 Å². The molecule has 0 aromatic rings. The van der Waals surface area contributed by atoms with E-state index in [-0.39, 0.29) is 6.04 Å². The zero-order valence-electron chi connectivity index (χ0n) is 9.11. The van der Waals surface area contributed by atoms with Crippen molar-refractivity contribution in [2.45, 2.75) is 45.3 Å². The minimum Gasteiger partial charge on any atom is -0.464 e. The lowest BCUT2D eigenvalue weighted by Gasteiger charge is -2.24. The summed E-state index contributed by atoms with van der Waals surface area (Å²) in [5.41, 5.74) is 1.58. The van der Waals surface area contributed by atoms with Crippen molar-refractivity contribution in [1.82, 2.24) is 10.4 Å². The van der Waals surface area contributed by atoms with Gasteiger partial charge in [0.15, 0.2) is 0 Å². The molecule has 1 rings (SSSR count). The number of carbonyl (C=O) groups excluding carboxylic acids is 1. The zero-order chi connectivity index (χ0) is 11.6. The van der Waals surface area contributed by atoms with Gasteiger partial charge in [0.2, 0.25) is 0 Å². The molecular formula is C9H16N2O4. The van der Waals surface area contributed by atoms with Crippen molar-refractivity contribution in [2.75, 3.05) is 0 Å². The third kappa shape index (κ3) is 4.05. The van der Waals surface area contributed by atoms with Gasteiger partial charge in [-0.05, 0) is 33.6 Å². The number of carbonyl (C=O) groups is 2. The van der Waals surface area contributed by atoms with Crippen LogP contribution in [-0.2, 0) is 4.74 Å². The van der Waals surface area contributed by atoms with Crippen molar-refractivity contribution in [3.63, 3.8) is 0 Å². The number of amides is 2. The summed E-state index contributed by atoms with van der Waals surface area (Å²) in [7, 11) is 0. The summed E-state index contributed by atoms with van der Waals surface area (Å²) in [6.45, 7) is 5.15. The summed E-state index contributed by atoms with van der Waals surface area (Å²) >= 11 is 0. The number of ether oxygens (including phenoxy) is 1. The van der Waals surface area contributed by atoms with Crippen LogP contribution in [0, 0.1) is 0 Å². The second-order valence-corrected chi connectivity index (χ2v) is 4.50. The molecule has 6 nitrogen and oxygen atoms in total. The molecule has 1 aliphatic rings. The molecule has 0 aliphatic heterocycles. The molecule has 0 aromatic heterocycles. The molecular weight excluding hydrogens is 200 g/mol. The fraction of sp³-hybridized carbons (Fsp3) is 0.778. The Morgan fingerprint density at radius 2 is 1.93 bits per heavy atom. The Bertz CT molecular complexity index is 268. The summed E-state index contributed by atoms with van der Waals surface area (Å²) in [6, 6.07) is -0.102. The van der Waals surface area contributed by atoms with Crippen LogP contribution in [0.4, 0.5) is 9.59 Å². The van der Waals surface area contributed by atoms with Crippen LogP contribution in [0.25, 0.3) is 0 Å². The van der Waals surface area contributed by atoms with Gasteiger partial charge in [0.1, 0.15) is 5.60 Å². The van der Waals surface area contributed by atoms with Crippen molar-refractivity contribution in [3.05, 3.63) is 0 Å². The smallest absolute Gasteiger partial charge is 0.426 e. The van der Waals surface area contributed by atoms with Crippen molar-refractivity contribution >= 4 is 12.2 Å². The average molecular weight is 216 g/mol. The molecule has 1 saturated carbocycles. The maximum Gasteiger partial charge on any atom is 0.426 e. The second-order valence-electron chi connectivity index (χ2n) is 4.50. The van der Waals surface area contributed by atoms with Gasteiger partial charge >= 0.3 is 12.2 Å². The van der Waals surface area contributed by atoms with Gasteiger partial charge < -0.3 is 9.84 Å². The van der Waals surface area contributed by atoms with Crippen LogP contribution in [0.3, 0.4) is 0 Å². The number of hydrazine groups is 1. The highest BCUT2D eigenvalue weighted by Gasteiger charge is 2.34. The molecule has 0 atom stereocenters. The number of nitrogens with zero attached hydrogens (tertiary/aromatic N) is 1. The highest BCUT2D eigenvalue weighted by atomic mass is 16.6. The van der Waals surface area contributed by atoms with E-state index in [1.54, 1.807) is 20.8 Å². The minimum absolute atomic E-state index is 0.102. The molecule has 2 amide bonds. The van der Waals surface area contributed by atoms with E-state index in [1.165, 1.54) is 0 Å².